The fourth-order valence-electron chi connectivity index (χ4n) is 4.07. The predicted octanol–water partition coefficient (Wildman–Crippen LogP) is 4.73. The van der Waals surface area contributed by atoms with Crippen LogP contribution in [0.1, 0.15) is 33.5 Å². The van der Waals surface area contributed by atoms with Gasteiger partial charge in [-0.3, -0.25) is 29.9 Å². The number of nitro benzene ring substituents is 2. The van der Waals surface area contributed by atoms with Gasteiger partial charge in [0, 0.05) is 49.5 Å². The molecule has 0 bridgehead atoms. The van der Waals surface area contributed by atoms with Gasteiger partial charge in [0.15, 0.2) is 0 Å². The van der Waals surface area contributed by atoms with Crippen molar-refractivity contribution in [2.45, 2.75) is 32.1 Å². The number of methoxy groups -OCH3 is 1. The molecule has 0 fully saturated rings. The van der Waals surface area contributed by atoms with Gasteiger partial charge in [-0.15, -0.1) is 0 Å². The van der Waals surface area contributed by atoms with Gasteiger partial charge in [-0.05, 0) is 47.3 Å². The summed E-state index contributed by atoms with van der Waals surface area (Å²) in [4.78, 5) is 48.3. The Morgan fingerprint density at radius 3 is 1.88 bits per heavy atom. The summed E-state index contributed by atoms with van der Waals surface area (Å²) >= 11 is 1.56. The molecule has 0 saturated carbocycles. The number of ether oxygens (including phenoxy) is 1. The molecule has 0 unspecified atom stereocenters. The molecule has 1 atom stereocenters. The van der Waals surface area contributed by atoms with Crippen molar-refractivity contribution in [1.29, 1.82) is 0 Å². The summed E-state index contributed by atoms with van der Waals surface area (Å²) in [6.07, 6.45) is 2.36. The van der Waals surface area contributed by atoms with E-state index in [9.17, 15) is 29.8 Å². The Hall–Kier alpha value is -4.29. The van der Waals surface area contributed by atoms with E-state index >= 15 is 0 Å². The first-order valence-electron chi connectivity index (χ1n) is 12.4. The lowest BCUT2D eigenvalue weighted by Gasteiger charge is -2.23. The molecule has 0 aliphatic heterocycles. The number of rotatable bonds is 14. The minimum atomic E-state index is -0.755. The Kier molecular flexibility index (Phi) is 11.2. The van der Waals surface area contributed by atoms with Gasteiger partial charge in [-0.2, -0.15) is 11.8 Å². The number of nitrogens with zero attached hydrogens (tertiary/aromatic N) is 3. The van der Waals surface area contributed by atoms with Crippen LogP contribution in [0.3, 0.4) is 0 Å². The molecule has 12 heteroatoms. The van der Waals surface area contributed by atoms with Crippen molar-refractivity contribution >= 4 is 35.0 Å². The summed E-state index contributed by atoms with van der Waals surface area (Å²) in [6.45, 7) is 1.29. The van der Waals surface area contributed by atoms with E-state index in [2.05, 4.69) is 10.2 Å². The maximum absolute atomic E-state index is 13.0. The van der Waals surface area contributed by atoms with Crippen molar-refractivity contribution in [3.8, 4) is 0 Å². The van der Waals surface area contributed by atoms with Crippen molar-refractivity contribution in [1.82, 2.24) is 10.2 Å². The summed E-state index contributed by atoms with van der Waals surface area (Å²) < 4.78 is 4.83. The number of hydrogen-bond acceptors (Lipinski definition) is 9. The van der Waals surface area contributed by atoms with Crippen LogP contribution in [-0.4, -0.2) is 51.8 Å². The van der Waals surface area contributed by atoms with Crippen LogP contribution in [0.15, 0.2) is 72.8 Å². The number of benzene rings is 3. The molecule has 0 saturated heterocycles. The third kappa shape index (κ3) is 8.89. The van der Waals surface area contributed by atoms with Crippen molar-refractivity contribution in [2.24, 2.45) is 0 Å². The van der Waals surface area contributed by atoms with Crippen LogP contribution in [0.5, 0.6) is 0 Å². The Bertz CT molecular complexity index is 1270. The zero-order valence-corrected chi connectivity index (χ0v) is 23.0. The fraction of sp³-hybridized carbons (Fsp3) is 0.286. The van der Waals surface area contributed by atoms with E-state index in [1.807, 2.05) is 12.3 Å². The van der Waals surface area contributed by atoms with Gasteiger partial charge in [0.05, 0.1) is 17.0 Å². The molecule has 1 N–H and O–H groups in total. The summed E-state index contributed by atoms with van der Waals surface area (Å²) in [7, 11) is 1.28. The molecular formula is C28H30N4O7S. The molecule has 40 heavy (non-hydrogen) atoms. The lowest BCUT2D eigenvalue weighted by Crippen LogP contribution is -2.42. The minimum Gasteiger partial charge on any atom is -0.467 e. The van der Waals surface area contributed by atoms with Gasteiger partial charge in [-0.1, -0.05) is 36.4 Å². The largest absolute Gasteiger partial charge is 0.467 e. The molecule has 0 spiro atoms. The van der Waals surface area contributed by atoms with Crippen LogP contribution < -0.4 is 5.32 Å². The van der Waals surface area contributed by atoms with E-state index in [-0.39, 0.29) is 11.4 Å². The Balaban J connectivity index is 1.81. The molecule has 3 rings (SSSR count). The molecule has 1 amide bonds. The maximum Gasteiger partial charge on any atom is 0.328 e. The quantitative estimate of drug-likeness (QED) is 0.166. The van der Waals surface area contributed by atoms with Crippen LogP contribution in [-0.2, 0) is 29.2 Å². The second-order valence-corrected chi connectivity index (χ2v) is 10.0. The molecular weight excluding hydrogens is 536 g/mol. The van der Waals surface area contributed by atoms with Crippen molar-refractivity contribution in [2.75, 3.05) is 19.1 Å². The molecule has 0 heterocycles. The van der Waals surface area contributed by atoms with Gasteiger partial charge in [0.2, 0.25) is 0 Å². The second-order valence-electron chi connectivity index (χ2n) is 9.02. The third-order valence-electron chi connectivity index (χ3n) is 6.10. The molecule has 11 nitrogen and oxygen atoms in total. The minimum absolute atomic E-state index is 0.00725. The average Bonchev–Trinajstić information content (AvgIpc) is 2.95. The maximum atomic E-state index is 13.0. The lowest BCUT2D eigenvalue weighted by molar-refractivity contribution is -0.385. The number of carbonyl (C=O) groups excluding carboxylic acids is 2. The number of carbonyl (C=O) groups is 2. The lowest BCUT2D eigenvalue weighted by atomic mass is 10.1. The Labute approximate surface area is 235 Å². The highest BCUT2D eigenvalue weighted by atomic mass is 32.2. The Morgan fingerprint density at radius 1 is 0.875 bits per heavy atom. The van der Waals surface area contributed by atoms with Gasteiger partial charge in [-0.25, -0.2) is 4.79 Å². The van der Waals surface area contributed by atoms with Crippen LogP contribution in [0.25, 0.3) is 0 Å². The first-order valence-corrected chi connectivity index (χ1v) is 13.7. The molecule has 0 aliphatic carbocycles. The number of thioether (sulfide) groups is 1. The summed E-state index contributed by atoms with van der Waals surface area (Å²) in [5.74, 6) is -0.216. The van der Waals surface area contributed by atoms with Crippen LogP contribution in [0, 0.1) is 20.2 Å². The topological polar surface area (TPSA) is 145 Å². The van der Waals surface area contributed by atoms with Crippen molar-refractivity contribution < 1.29 is 24.2 Å². The van der Waals surface area contributed by atoms with Gasteiger partial charge in [0.25, 0.3) is 17.3 Å². The van der Waals surface area contributed by atoms with Gasteiger partial charge >= 0.3 is 5.97 Å². The molecule has 210 valence electrons. The van der Waals surface area contributed by atoms with E-state index in [0.29, 0.717) is 37.4 Å². The van der Waals surface area contributed by atoms with Crippen molar-refractivity contribution in [3.05, 3.63) is 115 Å². The van der Waals surface area contributed by atoms with Crippen LogP contribution >= 0.6 is 11.8 Å². The zero-order valence-electron chi connectivity index (χ0n) is 22.1. The SMILES string of the molecule is COC(=O)[C@H](CCSC)NC(=O)c1cccc(CN(Cc2ccc([N+](=O)[O-])cc2)Cc2ccc([N+](=O)[O-])cc2)c1. The smallest absolute Gasteiger partial charge is 0.328 e. The van der Waals surface area contributed by atoms with Gasteiger partial charge < -0.3 is 10.1 Å². The van der Waals surface area contributed by atoms with E-state index in [4.69, 9.17) is 4.74 Å². The van der Waals surface area contributed by atoms with E-state index in [1.54, 1.807) is 54.2 Å². The number of esters is 1. The summed E-state index contributed by atoms with van der Waals surface area (Å²) in [5.41, 5.74) is 2.89. The van der Waals surface area contributed by atoms with Crippen LogP contribution in [0.2, 0.25) is 0 Å². The van der Waals surface area contributed by atoms with Crippen molar-refractivity contribution in [3.63, 3.8) is 0 Å². The zero-order chi connectivity index (χ0) is 29.1. The first-order chi connectivity index (χ1) is 19.2. The monoisotopic (exact) mass is 566 g/mol. The standard InChI is InChI=1S/C28H30N4O7S/c1-39-28(34)26(14-15-40-2)29-27(33)23-5-3-4-22(16-23)19-30(17-20-6-10-24(11-7-20)31(35)36)18-21-8-12-25(13-9-21)32(37)38/h3-13,16,26H,14-15,17-19H2,1-2H3,(H,29,33)/t26-/m0/s1. The number of nitrogens with one attached hydrogen (secondary N) is 1. The van der Waals surface area contributed by atoms with Gasteiger partial charge in [0.1, 0.15) is 6.04 Å². The number of amides is 1. The first kappa shape index (κ1) is 30.3. The summed E-state index contributed by atoms with van der Waals surface area (Å²) in [5, 5.41) is 24.8. The van der Waals surface area contributed by atoms with Crippen LogP contribution in [0.4, 0.5) is 11.4 Å². The molecule has 0 radical (unpaired) electrons. The molecule has 0 aromatic heterocycles. The van der Waals surface area contributed by atoms with E-state index in [1.165, 1.54) is 31.4 Å². The molecule has 3 aromatic carbocycles. The number of hydrogen-bond donors (Lipinski definition) is 1. The molecule has 3 aromatic rings. The highest BCUT2D eigenvalue weighted by Gasteiger charge is 2.22. The highest BCUT2D eigenvalue weighted by Crippen LogP contribution is 2.20. The normalized spacial score (nSPS) is 11.6. The second kappa shape index (κ2) is 14.8. The van der Waals surface area contributed by atoms with E-state index < -0.39 is 27.8 Å². The Morgan fingerprint density at radius 2 is 1.40 bits per heavy atom. The fourth-order valence-corrected chi connectivity index (χ4v) is 4.54. The van der Waals surface area contributed by atoms with E-state index in [0.717, 1.165) is 16.7 Å². The number of nitro groups is 2. The highest BCUT2D eigenvalue weighted by molar-refractivity contribution is 7.98. The predicted molar refractivity (Wildman–Crippen MR) is 152 cm³/mol. The molecule has 0 aliphatic rings. The number of non-ortho nitro benzene ring substituents is 2. The third-order valence-corrected chi connectivity index (χ3v) is 6.75. The average molecular weight is 567 g/mol. The summed E-state index contributed by atoms with van der Waals surface area (Å²) in [6, 6.07) is 18.8.